The molecule has 138 valence electrons. The van der Waals surface area contributed by atoms with Crippen molar-refractivity contribution in [1.82, 2.24) is 25.1 Å². The summed E-state index contributed by atoms with van der Waals surface area (Å²) in [6.07, 6.45) is 6.71. The van der Waals surface area contributed by atoms with E-state index in [4.69, 9.17) is 0 Å². The van der Waals surface area contributed by atoms with Crippen molar-refractivity contribution in [2.45, 2.75) is 45.2 Å². The van der Waals surface area contributed by atoms with Crippen LogP contribution in [0.5, 0.6) is 0 Å². The monoisotopic (exact) mass is 361 g/mol. The van der Waals surface area contributed by atoms with Gasteiger partial charge in [-0.05, 0) is 37.0 Å². The van der Waals surface area contributed by atoms with Crippen LogP contribution in [0.15, 0.2) is 48.8 Å². The van der Waals surface area contributed by atoms with Crippen molar-refractivity contribution in [1.29, 1.82) is 0 Å². The quantitative estimate of drug-likeness (QED) is 0.775. The second-order valence-electron chi connectivity index (χ2n) is 7.10. The number of aromatic nitrogens is 4. The van der Waals surface area contributed by atoms with Gasteiger partial charge in [0.25, 0.3) is 5.91 Å². The van der Waals surface area contributed by atoms with E-state index in [-0.39, 0.29) is 11.9 Å². The molecular weight excluding hydrogens is 338 g/mol. The lowest BCUT2D eigenvalue weighted by Crippen LogP contribution is -2.35. The molecule has 1 amide bonds. The summed E-state index contributed by atoms with van der Waals surface area (Å²) in [6, 6.07) is 12.3. The third-order valence-corrected chi connectivity index (χ3v) is 5.00. The number of pyridine rings is 1. The second-order valence-corrected chi connectivity index (χ2v) is 7.10. The van der Waals surface area contributed by atoms with E-state index in [0.717, 1.165) is 49.4 Å². The highest BCUT2D eigenvalue weighted by Crippen LogP contribution is 2.18. The SMILES string of the molecule is Cc1cncc(C(=O)NC2CCc3nnc(Cc4ccccc4)n3CC2)c1. The van der Waals surface area contributed by atoms with Crippen LogP contribution in [0.4, 0.5) is 0 Å². The van der Waals surface area contributed by atoms with Gasteiger partial charge in [-0.1, -0.05) is 30.3 Å². The van der Waals surface area contributed by atoms with Gasteiger partial charge < -0.3 is 9.88 Å². The topological polar surface area (TPSA) is 72.7 Å². The summed E-state index contributed by atoms with van der Waals surface area (Å²) in [4.78, 5) is 16.6. The fraction of sp³-hybridized carbons (Fsp3) is 0.333. The predicted octanol–water partition coefficient (Wildman–Crippen LogP) is 2.71. The summed E-state index contributed by atoms with van der Waals surface area (Å²) in [5, 5.41) is 11.9. The summed E-state index contributed by atoms with van der Waals surface area (Å²) >= 11 is 0. The molecule has 0 fully saturated rings. The van der Waals surface area contributed by atoms with Crippen molar-refractivity contribution in [2.24, 2.45) is 0 Å². The van der Waals surface area contributed by atoms with Crippen molar-refractivity contribution in [3.63, 3.8) is 0 Å². The van der Waals surface area contributed by atoms with Crippen LogP contribution < -0.4 is 5.32 Å². The fourth-order valence-corrected chi connectivity index (χ4v) is 3.55. The molecule has 3 aromatic rings. The molecule has 3 heterocycles. The summed E-state index contributed by atoms with van der Waals surface area (Å²) in [5.41, 5.74) is 2.83. The molecule has 0 saturated heterocycles. The molecule has 2 aromatic heterocycles. The van der Waals surface area contributed by atoms with Gasteiger partial charge >= 0.3 is 0 Å². The Bertz CT molecular complexity index is 935. The second kappa shape index (κ2) is 7.70. The molecule has 1 unspecified atom stereocenters. The maximum atomic E-state index is 12.5. The minimum absolute atomic E-state index is 0.0571. The first-order valence-electron chi connectivity index (χ1n) is 9.36. The third kappa shape index (κ3) is 4.05. The van der Waals surface area contributed by atoms with Crippen molar-refractivity contribution >= 4 is 5.91 Å². The van der Waals surface area contributed by atoms with Crippen LogP contribution in [-0.4, -0.2) is 31.7 Å². The van der Waals surface area contributed by atoms with Gasteiger partial charge in [0.15, 0.2) is 0 Å². The molecule has 6 nitrogen and oxygen atoms in total. The average Bonchev–Trinajstić information content (AvgIpc) is 2.94. The number of nitrogens with zero attached hydrogens (tertiary/aromatic N) is 4. The number of rotatable bonds is 4. The van der Waals surface area contributed by atoms with Gasteiger partial charge in [0.05, 0.1) is 5.56 Å². The van der Waals surface area contributed by atoms with Gasteiger partial charge in [-0.15, -0.1) is 10.2 Å². The van der Waals surface area contributed by atoms with Crippen molar-refractivity contribution in [3.8, 4) is 0 Å². The zero-order chi connectivity index (χ0) is 18.6. The standard InChI is InChI=1S/C21H23N5O/c1-15-11-17(14-22-13-15)21(27)23-18-7-8-19-24-25-20(26(19)10-9-18)12-16-5-3-2-4-6-16/h2-6,11,13-14,18H,7-10,12H2,1H3,(H,23,27). The molecule has 0 radical (unpaired) electrons. The highest BCUT2D eigenvalue weighted by molar-refractivity contribution is 5.94. The molecular formula is C21H23N5O. The summed E-state index contributed by atoms with van der Waals surface area (Å²) in [7, 11) is 0. The number of hydrogen-bond donors (Lipinski definition) is 1. The number of aryl methyl sites for hydroxylation is 2. The molecule has 27 heavy (non-hydrogen) atoms. The van der Waals surface area contributed by atoms with Gasteiger partial charge in [-0.3, -0.25) is 9.78 Å². The number of carbonyl (C=O) groups excluding carboxylic acids is 1. The van der Waals surface area contributed by atoms with Gasteiger partial charge in [0.2, 0.25) is 0 Å². The van der Waals surface area contributed by atoms with Crippen LogP contribution in [-0.2, 0) is 19.4 Å². The predicted molar refractivity (Wildman–Crippen MR) is 102 cm³/mol. The molecule has 1 aliphatic heterocycles. The van der Waals surface area contributed by atoms with Crippen molar-refractivity contribution in [2.75, 3.05) is 0 Å². The van der Waals surface area contributed by atoms with E-state index >= 15 is 0 Å². The van der Waals surface area contributed by atoms with Gasteiger partial charge in [-0.2, -0.15) is 0 Å². The normalized spacial score (nSPS) is 16.4. The zero-order valence-electron chi connectivity index (χ0n) is 15.4. The lowest BCUT2D eigenvalue weighted by atomic mass is 10.1. The van der Waals surface area contributed by atoms with Gasteiger partial charge in [-0.25, -0.2) is 0 Å². The molecule has 4 rings (SSSR count). The Labute approximate surface area is 158 Å². The van der Waals surface area contributed by atoms with E-state index in [1.807, 2.05) is 31.2 Å². The Morgan fingerprint density at radius 1 is 1.19 bits per heavy atom. The molecule has 0 saturated carbocycles. The Kier molecular flexibility index (Phi) is 4.96. The van der Waals surface area contributed by atoms with Crippen molar-refractivity contribution < 1.29 is 4.79 Å². The number of nitrogens with one attached hydrogen (secondary N) is 1. The Hall–Kier alpha value is -3.02. The lowest BCUT2D eigenvalue weighted by Gasteiger charge is -2.16. The van der Waals surface area contributed by atoms with Crippen LogP contribution in [0, 0.1) is 6.92 Å². The van der Waals surface area contributed by atoms with Gasteiger partial charge in [0.1, 0.15) is 11.6 Å². The van der Waals surface area contributed by atoms with Crippen molar-refractivity contribution in [3.05, 3.63) is 77.1 Å². The van der Waals surface area contributed by atoms with E-state index in [1.165, 1.54) is 5.56 Å². The smallest absolute Gasteiger partial charge is 0.253 e. The average molecular weight is 361 g/mol. The van der Waals surface area contributed by atoms with Crippen LogP contribution in [0.1, 0.15) is 46.0 Å². The number of fused-ring (bicyclic) bond motifs is 1. The first-order valence-corrected chi connectivity index (χ1v) is 9.36. The molecule has 6 heteroatoms. The summed E-state index contributed by atoms with van der Waals surface area (Å²) in [5.74, 6) is 1.94. The first-order chi connectivity index (χ1) is 13.2. The highest BCUT2D eigenvalue weighted by atomic mass is 16.1. The Balaban J connectivity index is 1.42. The maximum Gasteiger partial charge on any atom is 0.253 e. The third-order valence-electron chi connectivity index (χ3n) is 5.00. The largest absolute Gasteiger partial charge is 0.349 e. The number of hydrogen-bond acceptors (Lipinski definition) is 4. The summed E-state index contributed by atoms with van der Waals surface area (Å²) < 4.78 is 2.22. The fourth-order valence-electron chi connectivity index (χ4n) is 3.55. The molecule has 0 bridgehead atoms. The number of carbonyl (C=O) groups is 1. The van der Waals surface area contributed by atoms with E-state index < -0.39 is 0 Å². The first kappa shape index (κ1) is 17.4. The Morgan fingerprint density at radius 2 is 2.04 bits per heavy atom. The number of amides is 1. The zero-order valence-corrected chi connectivity index (χ0v) is 15.4. The Morgan fingerprint density at radius 3 is 2.85 bits per heavy atom. The summed E-state index contributed by atoms with van der Waals surface area (Å²) in [6.45, 7) is 2.76. The molecule has 1 aromatic carbocycles. The van der Waals surface area contributed by atoms with Crippen LogP contribution >= 0.6 is 0 Å². The molecule has 0 aliphatic carbocycles. The van der Waals surface area contributed by atoms with Gasteiger partial charge in [0, 0.05) is 37.8 Å². The highest BCUT2D eigenvalue weighted by Gasteiger charge is 2.22. The minimum atomic E-state index is -0.0571. The van der Waals surface area contributed by atoms with E-state index in [1.54, 1.807) is 12.4 Å². The van der Waals surface area contributed by atoms with Crippen LogP contribution in [0.2, 0.25) is 0 Å². The molecule has 1 N–H and O–H groups in total. The van der Waals surface area contributed by atoms with E-state index in [0.29, 0.717) is 5.56 Å². The number of benzene rings is 1. The van der Waals surface area contributed by atoms with E-state index in [2.05, 4.69) is 37.2 Å². The molecule has 0 spiro atoms. The minimum Gasteiger partial charge on any atom is -0.349 e. The van der Waals surface area contributed by atoms with Crippen LogP contribution in [0.3, 0.4) is 0 Å². The molecule has 1 atom stereocenters. The van der Waals surface area contributed by atoms with Crippen LogP contribution in [0.25, 0.3) is 0 Å². The molecule has 1 aliphatic rings. The lowest BCUT2D eigenvalue weighted by molar-refractivity contribution is 0.0932. The van der Waals surface area contributed by atoms with E-state index in [9.17, 15) is 4.79 Å². The maximum absolute atomic E-state index is 12.5.